The molecule has 0 amide bonds. The van der Waals surface area contributed by atoms with Crippen molar-refractivity contribution in [3.8, 4) is 11.5 Å². The predicted molar refractivity (Wildman–Crippen MR) is 123 cm³/mol. The lowest BCUT2D eigenvalue weighted by atomic mass is 9.68. The van der Waals surface area contributed by atoms with Gasteiger partial charge in [0, 0.05) is 0 Å². The summed E-state index contributed by atoms with van der Waals surface area (Å²) in [5.41, 5.74) is 1.34. The highest BCUT2D eigenvalue weighted by Crippen LogP contribution is 2.46. The maximum absolute atomic E-state index is 15.0. The van der Waals surface area contributed by atoms with Crippen LogP contribution < -0.4 is 4.74 Å². The van der Waals surface area contributed by atoms with Crippen LogP contribution in [0.2, 0.25) is 0 Å². The lowest BCUT2D eigenvalue weighted by Gasteiger charge is -2.39. The average molecular weight is 437 g/mol. The number of benzene rings is 1. The van der Waals surface area contributed by atoms with Crippen LogP contribution in [0, 0.1) is 23.7 Å². The van der Waals surface area contributed by atoms with Crippen molar-refractivity contribution in [2.24, 2.45) is 23.7 Å². The van der Waals surface area contributed by atoms with E-state index in [1.807, 2.05) is 13.8 Å². The van der Waals surface area contributed by atoms with Crippen LogP contribution in [0.4, 0.5) is 8.78 Å². The molecule has 0 bridgehead atoms. The Morgan fingerprint density at radius 2 is 1.39 bits per heavy atom. The van der Waals surface area contributed by atoms with E-state index >= 15 is 8.78 Å². The van der Waals surface area contributed by atoms with E-state index in [1.54, 1.807) is 12.1 Å². The highest BCUT2D eigenvalue weighted by atomic mass is 19.3. The monoisotopic (exact) mass is 436 g/mol. The molecule has 2 aliphatic carbocycles. The van der Waals surface area contributed by atoms with Crippen LogP contribution in [0.3, 0.4) is 0 Å². The number of unbranched alkanes of at least 4 members (excludes halogenated alkanes) is 1. The van der Waals surface area contributed by atoms with E-state index in [9.17, 15) is 5.11 Å². The first-order valence-electron chi connectivity index (χ1n) is 12.8. The van der Waals surface area contributed by atoms with Gasteiger partial charge in [-0.25, -0.2) is 0 Å². The number of ether oxygens (including phenoxy) is 1. The predicted octanol–water partition coefficient (Wildman–Crippen LogP) is 8.29. The minimum Gasteiger partial charge on any atom is -0.507 e. The van der Waals surface area contributed by atoms with Crippen molar-refractivity contribution in [2.75, 3.05) is 0 Å². The summed E-state index contributed by atoms with van der Waals surface area (Å²) in [5, 5.41) is 10.2. The Hall–Kier alpha value is -1.32. The summed E-state index contributed by atoms with van der Waals surface area (Å²) in [7, 11) is 0. The number of rotatable bonds is 9. The van der Waals surface area contributed by atoms with Crippen molar-refractivity contribution in [3.63, 3.8) is 0 Å². The number of aromatic hydroxyl groups is 1. The van der Waals surface area contributed by atoms with Gasteiger partial charge in [-0.1, -0.05) is 52.9 Å². The molecule has 4 heteroatoms. The highest BCUT2D eigenvalue weighted by Gasteiger charge is 2.45. The molecule has 1 aromatic rings. The fourth-order valence-electron chi connectivity index (χ4n) is 5.93. The number of phenols is 1. The minimum absolute atomic E-state index is 0.184. The van der Waals surface area contributed by atoms with Crippen molar-refractivity contribution < 1.29 is 18.6 Å². The SMILES string of the molecule is CCCCC1CCC(C2CCC(C(F)(F)Oc3cc(CC)c(O)c(CC)c3)CC2)CC1. The zero-order valence-electron chi connectivity index (χ0n) is 19.8. The number of alkyl halides is 2. The van der Waals surface area contributed by atoms with Crippen molar-refractivity contribution in [1.29, 1.82) is 0 Å². The zero-order valence-corrected chi connectivity index (χ0v) is 19.8. The van der Waals surface area contributed by atoms with Gasteiger partial charge < -0.3 is 9.84 Å². The van der Waals surface area contributed by atoms with E-state index in [1.165, 1.54) is 44.9 Å². The molecule has 2 aliphatic rings. The van der Waals surface area contributed by atoms with Gasteiger partial charge in [-0.2, -0.15) is 8.78 Å². The van der Waals surface area contributed by atoms with E-state index in [-0.39, 0.29) is 11.5 Å². The van der Waals surface area contributed by atoms with Gasteiger partial charge in [0.25, 0.3) is 0 Å². The fourth-order valence-corrected chi connectivity index (χ4v) is 5.93. The molecule has 2 nitrogen and oxygen atoms in total. The van der Waals surface area contributed by atoms with Crippen molar-refractivity contribution >= 4 is 0 Å². The normalized spacial score (nSPS) is 27.3. The van der Waals surface area contributed by atoms with Gasteiger partial charge in [0.1, 0.15) is 11.5 Å². The summed E-state index contributed by atoms with van der Waals surface area (Å²) >= 11 is 0. The molecular formula is C27H42F2O2. The van der Waals surface area contributed by atoms with Crippen molar-refractivity contribution in [1.82, 2.24) is 0 Å². The number of phenolic OH excluding ortho intramolecular Hbond substituents is 1. The molecule has 0 radical (unpaired) electrons. The number of halogens is 2. The molecule has 31 heavy (non-hydrogen) atoms. The summed E-state index contributed by atoms with van der Waals surface area (Å²) in [6.45, 7) is 6.08. The van der Waals surface area contributed by atoms with Gasteiger partial charge in [-0.3, -0.25) is 0 Å². The van der Waals surface area contributed by atoms with Crippen LogP contribution in [-0.2, 0) is 12.8 Å². The van der Waals surface area contributed by atoms with E-state index in [4.69, 9.17) is 4.74 Å². The Morgan fingerprint density at radius 3 is 1.87 bits per heavy atom. The van der Waals surface area contributed by atoms with Crippen LogP contribution >= 0.6 is 0 Å². The van der Waals surface area contributed by atoms with Crippen LogP contribution in [0.1, 0.15) is 103 Å². The summed E-state index contributed by atoms with van der Waals surface area (Å²) < 4.78 is 35.3. The van der Waals surface area contributed by atoms with E-state index in [2.05, 4.69) is 6.92 Å². The van der Waals surface area contributed by atoms with E-state index in [0.29, 0.717) is 42.7 Å². The number of aryl methyl sites for hydroxylation is 2. The Morgan fingerprint density at radius 1 is 0.871 bits per heavy atom. The topological polar surface area (TPSA) is 29.5 Å². The van der Waals surface area contributed by atoms with Gasteiger partial charge >= 0.3 is 6.11 Å². The number of hydrogen-bond acceptors (Lipinski definition) is 2. The fraction of sp³-hybridized carbons (Fsp3) is 0.778. The lowest BCUT2D eigenvalue weighted by Crippen LogP contribution is -2.38. The highest BCUT2D eigenvalue weighted by molar-refractivity contribution is 5.46. The lowest BCUT2D eigenvalue weighted by molar-refractivity contribution is -0.224. The smallest absolute Gasteiger partial charge is 0.400 e. The molecule has 0 heterocycles. The van der Waals surface area contributed by atoms with E-state index in [0.717, 1.165) is 24.7 Å². The van der Waals surface area contributed by atoms with Gasteiger partial charge in [0.2, 0.25) is 0 Å². The zero-order chi connectivity index (χ0) is 22.4. The molecule has 0 atom stereocenters. The summed E-state index contributed by atoms with van der Waals surface area (Å²) in [6, 6.07) is 3.15. The van der Waals surface area contributed by atoms with Crippen LogP contribution in [0.5, 0.6) is 11.5 Å². The second-order valence-electron chi connectivity index (χ2n) is 10.00. The Bertz CT molecular complexity index is 661. The summed E-state index contributed by atoms with van der Waals surface area (Å²) in [5.74, 6) is 1.94. The van der Waals surface area contributed by atoms with Crippen molar-refractivity contribution in [3.05, 3.63) is 23.3 Å². The number of hydrogen-bond donors (Lipinski definition) is 1. The first-order valence-corrected chi connectivity index (χ1v) is 12.8. The molecule has 3 rings (SSSR count). The second-order valence-corrected chi connectivity index (χ2v) is 10.00. The van der Waals surface area contributed by atoms with Gasteiger partial charge in [0.15, 0.2) is 0 Å². The standard InChI is InChI=1S/C27H42F2O2/c1-4-7-8-19-9-11-22(12-10-19)23-13-15-24(16-14-23)27(28,29)31-25-17-20(5-2)26(30)21(6-3)18-25/h17-19,22-24,30H,4-16H2,1-3H3. The maximum atomic E-state index is 15.0. The molecular weight excluding hydrogens is 394 g/mol. The maximum Gasteiger partial charge on any atom is 0.400 e. The molecule has 2 fully saturated rings. The third-order valence-corrected chi connectivity index (χ3v) is 8.03. The first kappa shape index (κ1) is 24.3. The average Bonchev–Trinajstić information content (AvgIpc) is 2.79. The Labute approximate surface area is 187 Å². The molecule has 1 aromatic carbocycles. The van der Waals surface area contributed by atoms with E-state index < -0.39 is 12.0 Å². The second kappa shape index (κ2) is 11.0. The van der Waals surface area contributed by atoms with Crippen LogP contribution in [-0.4, -0.2) is 11.2 Å². The minimum atomic E-state index is -3.16. The largest absolute Gasteiger partial charge is 0.507 e. The van der Waals surface area contributed by atoms with Crippen molar-refractivity contribution in [2.45, 2.75) is 110 Å². The third kappa shape index (κ3) is 6.14. The molecule has 176 valence electrons. The quantitative estimate of drug-likeness (QED) is 0.422. The van der Waals surface area contributed by atoms with Gasteiger partial charge in [-0.15, -0.1) is 0 Å². The molecule has 0 aliphatic heterocycles. The Balaban J connectivity index is 1.53. The molecule has 1 N–H and O–H groups in total. The summed E-state index contributed by atoms with van der Waals surface area (Å²) in [6.07, 6.45) is 10.2. The molecule has 0 aromatic heterocycles. The van der Waals surface area contributed by atoms with Crippen LogP contribution in [0.25, 0.3) is 0 Å². The summed E-state index contributed by atoms with van der Waals surface area (Å²) in [4.78, 5) is 0. The third-order valence-electron chi connectivity index (χ3n) is 8.03. The molecule has 2 saturated carbocycles. The Kier molecular flexibility index (Phi) is 8.64. The first-order chi connectivity index (χ1) is 14.9. The van der Waals surface area contributed by atoms with Gasteiger partial charge in [-0.05, 0) is 92.4 Å². The van der Waals surface area contributed by atoms with Gasteiger partial charge in [0.05, 0.1) is 5.92 Å². The van der Waals surface area contributed by atoms with Crippen LogP contribution in [0.15, 0.2) is 12.1 Å². The molecule has 0 spiro atoms. The molecule has 0 unspecified atom stereocenters. The molecule has 0 saturated heterocycles.